The summed E-state index contributed by atoms with van der Waals surface area (Å²) in [6, 6.07) is 4.13. The van der Waals surface area contributed by atoms with Crippen molar-refractivity contribution in [3.63, 3.8) is 0 Å². The van der Waals surface area contributed by atoms with Crippen LogP contribution in [-0.2, 0) is 13.8 Å². The van der Waals surface area contributed by atoms with Crippen molar-refractivity contribution in [2.24, 2.45) is 0 Å². The molecule has 1 aromatic carbocycles. The van der Waals surface area contributed by atoms with E-state index >= 15 is 0 Å². The van der Waals surface area contributed by atoms with E-state index in [0.29, 0.717) is 17.7 Å². The molecule has 1 aliphatic heterocycles. The smallest absolute Gasteiger partial charge is 0.261 e. The first-order valence-electron chi connectivity index (χ1n) is 5.90. The predicted octanol–water partition coefficient (Wildman–Crippen LogP) is 2.24. The quantitative estimate of drug-likeness (QED) is 0.752. The van der Waals surface area contributed by atoms with Gasteiger partial charge in [0, 0.05) is 28.8 Å². The van der Waals surface area contributed by atoms with E-state index < -0.39 is 9.05 Å². The maximum absolute atomic E-state index is 12.4. The zero-order valence-electron chi connectivity index (χ0n) is 10.7. The number of ether oxygens (including phenoxy) is 1. The van der Waals surface area contributed by atoms with Crippen molar-refractivity contribution in [2.75, 3.05) is 20.3 Å². The molecule has 1 amide bonds. The monoisotopic (exact) mass is 381 g/mol. The van der Waals surface area contributed by atoms with Crippen LogP contribution in [0, 0.1) is 0 Å². The Labute approximate surface area is 130 Å². The van der Waals surface area contributed by atoms with Crippen LogP contribution in [0.15, 0.2) is 27.6 Å². The molecule has 1 heterocycles. The molecule has 0 radical (unpaired) electrons. The first kappa shape index (κ1) is 15.8. The Kier molecular flexibility index (Phi) is 4.73. The molecule has 8 heteroatoms. The average molecular weight is 383 g/mol. The Morgan fingerprint density at radius 1 is 1.50 bits per heavy atom. The van der Waals surface area contributed by atoms with Gasteiger partial charge in [-0.1, -0.05) is 0 Å². The number of rotatable bonds is 3. The Balaban J connectivity index is 2.33. The van der Waals surface area contributed by atoms with E-state index in [4.69, 9.17) is 15.4 Å². The van der Waals surface area contributed by atoms with Crippen molar-refractivity contribution in [3.05, 3.63) is 28.2 Å². The zero-order valence-corrected chi connectivity index (χ0v) is 13.8. The third-order valence-corrected chi connectivity index (χ3v) is 5.27. The average Bonchev–Trinajstić information content (AvgIpc) is 2.90. The molecule has 0 saturated carbocycles. The molecule has 0 spiro atoms. The van der Waals surface area contributed by atoms with Crippen LogP contribution in [0.1, 0.15) is 16.8 Å². The number of benzene rings is 1. The Hall–Kier alpha value is -0.630. The maximum Gasteiger partial charge on any atom is 0.261 e. The third-order valence-electron chi connectivity index (χ3n) is 3.22. The lowest BCUT2D eigenvalue weighted by Gasteiger charge is -2.23. The summed E-state index contributed by atoms with van der Waals surface area (Å²) in [5.41, 5.74) is 0.265. The number of likely N-dealkylation sites (N-methyl/N-ethyl adjacent to an activating group) is 1. The van der Waals surface area contributed by atoms with Crippen LogP contribution in [0.25, 0.3) is 0 Å². The van der Waals surface area contributed by atoms with E-state index in [1.807, 2.05) is 0 Å². The van der Waals surface area contributed by atoms with Gasteiger partial charge in [0.05, 0.1) is 23.1 Å². The van der Waals surface area contributed by atoms with Crippen LogP contribution in [-0.4, -0.2) is 45.5 Å². The van der Waals surface area contributed by atoms with Gasteiger partial charge in [-0.15, -0.1) is 0 Å². The molecule has 1 atom stereocenters. The van der Waals surface area contributed by atoms with E-state index in [1.54, 1.807) is 11.9 Å². The minimum Gasteiger partial charge on any atom is -0.379 e. The Bertz CT molecular complexity index is 628. The normalized spacial score (nSPS) is 19.1. The fraction of sp³-hybridized carbons (Fsp3) is 0.417. The molecule has 5 nitrogen and oxygen atoms in total. The van der Waals surface area contributed by atoms with Gasteiger partial charge >= 0.3 is 0 Å². The molecule has 0 aliphatic carbocycles. The summed E-state index contributed by atoms with van der Waals surface area (Å²) >= 11 is 3.26. The molecule has 0 N–H and O–H groups in total. The first-order chi connectivity index (χ1) is 9.30. The van der Waals surface area contributed by atoms with Gasteiger partial charge < -0.3 is 9.64 Å². The molecule has 1 saturated heterocycles. The van der Waals surface area contributed by atoms with Crippen LogP contribution in [0.4, 0.5) is 0 Å². The van der Waals surface area contributed by atoms with Crippen molar-refractivity contribution >= 4 is 41.6 Å². The highest BCUT2D eigenvalue weighted by Gasteiger charge is 2.26. The van der Waals surface area contributed by atoms with Crippen LogP contribution in [0.3, 0.4) is 0 Å². The summed E-state index contributed by atoms with van der Waals surface area (Å²) in [6.07, 6.45) is 0.771. The molecule has 0 aromatic heterocycles. The van der Waals surface area contributed by atoms with E-state index in [1.165, 1.54) is 18.2 Å². The Morgan fingerprint density at radius 3 is 2.75 bits per heavy atom. The summed E-state index contributed by atoms with van der Waals surface area (Å²) in [6.45, 7) is 1.12. The molecule has 20 heavy (non-hydrogen) atoms. The minimum absolute atomic E-state index is 0.00525. The number of halogens is 2. The number of hydrogen-bond acceptors (Lipinski definition) is 4. The van der Waals surface area contributed by atoms with Crippen LogP contribution >= 0.6 is 26.6 Å². The van der Waals surface area contributed by atoms with Gasteiger partial charge in [0.2, 0.25) is 0 Å². The van der Waals surface area contributed by atoms with Crippen LogP contribution < -0.4 is 0 Å². The lowest BCUT2D eigenvalue weighted by atomic mass is 10.1. The molecule has 0 bridgehead atoms. The maximum atomic E-state index is 12.4. The van der Waals surface area contributed by atoms with E-state index in [2.05, 4.69) is 15.9 Å². The largest absolute Gasteiger partial charge is 0.379 e. The van der Waals surface area contributed by atoms with Crippen molar-refractivity contribution < 1.29 is 17.9 Å². The van der Waals surface area contributed by atoms with Crippen molar-refractivity contribution in [1.82, 2.24) is 4.90 Å². The lowest BCUT2D eigenvalue weighted by Crippen LogP contribution is -2.37. The molecule has 1 fully saturated rings. The highest BCUT2D eigenvalue weighted by atomic mass is 79.9. The highest BCUT2D eigenvalue weighted by molar-refractivity contribution is 9.10. The van der Waals surface area contributed by atoms with E-state index in [-0.39, 0.29) is 22.4 Å². The number of hydrogen-bond donors (Lipinski definition) is 0. The number of carbonyl (C=O) groups is 1. The second-order valence-corrected chi connectivity index (χ2v) is 7.93. The summed E-state index contributed by atoms with van der Waals surface area (Å²) in [5, 5.41) is 0. The van der Waals surface area contributed by atoms with Gasteiger partial charge in [0.15, 0.2) is 0 Å². The predicted molar refractivity (Wildman–Crippen MR) is 78.5 cm³/mol. The van der Waals surface area contributed by atoms with Crippen LogP contribution in [0.2, 0.25) is 0 Å². The van der Waals surface area contributed by atoms with E-state index in [0.717, 1.165) is 6.42 Å². The summed E-state index contributed by atoms with van der Waals surface area (Å²) in [7, 11) is 3.12. The summed E-state index contributed by atoms with van der Waals surface area (Å²) in [5.74, 6) is -0.269. The van der Waals surface area contributed by atoms with Crippen molar-refractivity contribution in [3.8, 4) is 0 Å². The van der Waals surface area contributed by atoms with Crippen LogP contribution in [0.5, 0.6) is 0 Å². The first-order valence-corrected chi connectivity index (χ1v) is 9.00. The molecule has 1 aromatic rings. The summed E-state index contributed by atoms with van der Waals surface area (Å²) < 4.78 is 28.5. The summed E-state index contributed by atoms with van der Waals surface area (Å²) in [4.78, 5) is 13.9. The van der Waals surface area contributed by atoms with Crippen molar-refractivity contribution in [2.45, 2.75) is 17.4 Å². The van der Waals surface area contributed by atoms with Gasteiger partial charge in [-0.05, 0) is 40.5 Å². The highest BCUT2D eigenvalue weighted by Crippen LogP contribution is 2.25. The fourth-order valence-electron chi connectivity index (χ4n) is 2.00. The van der Waals surface area contributed by atoms with Gasteiger partial charge in [-0.2, -0.15) is 0 Å². The topological polar surface area (TPSA) is 63.7 Å². The molecule has 2 rings (SSSR count). The van der Waals surface area contributed by atoms with Crippen molar-refractivity contribution in [1.29, 1.82) is 0 Å². The SMILES string of the molecule is CN(C(=O)c1cc(S(=O)(=O)Cl)ccc1Br)C1CCOC1. The standard InChI is InChI=1S/C12H13BrClNO4S/c1-15(8-4-5-19-7-8)12(16)10-6-9(20(14,17)18)2-3-11(10)13/h2-3,6,8H,4-5,7H2,1H3. The molecule has 1 aliphatic rings. The van der Waals surface area contributed by atoms with Gasteiger partial charge in [0.1, 0.15) is 0 Å². The fourth-order valence-corrected chi connectivity index (χ4v) is 3.20. The third kappa shape index (κ3) is 3.33. The lowest BCUT2D eigenvalue weighted by molar-refractivity contribution is 0.0710. The second kappa shape index (κ2) is 6.01. The molecular weight excluding hydrogens is 370 g/mol. The molecule has 1 unspecified atom stereocenters. The van der Waals surface area contributed by atoms with Gasteiger partial charge in [0.25, 0.3) is 15.0 Å². The molecule has 110 valence electrons. The minimum atomic E-state index is -3.86. The van der Waals surface area contributed by atoms with E-state index in [9.17, 15) is 13.2 Å². The number of carbonyl (C=O) groups excluding carboxylic acids is 1. The molecular formula is C12H13BrClNO4S. The van der Waals surface area contributed by atoms with Gasteiger partial charge in [-0.25, -0.2) is 8.42 Å². The number of nitrogens with zero attached hydrogens (tertiary/aromatic N) is 1. The Morgan fingerprint density at radius 2 is 2.20 bits per heavy atom. The van der Waals surface area contributed by atoms with Gasteiger partial charge in [-0.3, -0.25) is 4.79 Å². The second-order valence-electron chi connectivity index (χ2n) is 4.51. The number of amides is 1. The zero-order chi connectivity index (χ0) is 14.9.